The van der Waals surface area contributed by atoms with Crippen molar-refractivity contribution in [1.82, 2.24) is 15.5 Å². The number of nitrogens with zero attached hydrogens (tertiary/aromatic N) is 2. The molecule has 1 heterocycles. The van der Waals surface area contributed by atoms with Crippen molar-refractivity contribution >= 4 is 0 Å². The van der Waals surface area contributed by atoms with Gasteiger partial charge in [0.2, 0.25) is 11.7 Å². The summed E-state index contributed by atoms with van der Waals surface area (Å²) >= 11 is 0. The second kappa shape index (κ2) is 6.88. The maximum Gasteiger partial charge on any atom is 0.228 e. The van der Waals surface area contributed by atoms with Crippen LogP contribution < -0.4 is 5.32 Å². The van der Waals surface area contributed by atoms with Crippen molar-refractivity contribution in [2.24, 2.45) is 11.8 Å². The SMILES string of the molecule is CCNC(Cc1nc(C(OC)C2CC2)no1)C1CCCC1. The zero-order valence-corrected chi connectivity index (χ0v) is 13.2. The van der Waals surface area contributed by atoms with Crippen molar-refractivity contribution in [1.29, 1.82) is 0 Å². The molecule has 0 spiro atoms. The molecular weight excluding hydrogens is 266 g/mol. The van der Waals surface area contributed by atoms with Gasteiger partial charge in [0.15, 0.2) is 0 Å². The Bertz CT molecular complexity index is 438. The molecule has 21 heavy (non-hydrogen) atoms. The van der Waals surface area contributed by atoms with E-state index in [0.29, 0.717) is 12.0 Å². The van der Waals surface area contributed by atoms with Crippen LogP contribution in [0.25, 0.3) is 0 Å². The van der Waals surface area contributed by atoms with E-state index in [1.54, 1.807) is 7.11 Å². The van der Waals surface area contributed by atoms with Crippen molar-refractivity contribution in [2.45, 2.75) is 64.0 Å². The van der Waals surface area contributed by atoms with Crippen LogP contribution in [0.4, 0.5) is 0 Å². The highest BCUT2D eigenvalue weighted by atomic mass is 16.5. The van der Waals surface area contributed by atoms with Crippen LogP contribution in [0.3, 0.4) is 0 Å². The van der Waals surface area contributed by atoms with E-state index in [-0.39, 0.29) is 6.10 Å². The Morgan fingerprint density at radius 3 is 2.62 bits per heavy atom. The number of rotatable bonds is 8. The quantitative estimate of drug-likeness (QED) is 0.798. The molecular formula is C16H27N3O2. The molecule has 0 bridgehead atoms. The van der Waals surface area contributed by atoms with Gasteiger partial charge in [0.1, 0.15) is 6.10 Å². The fourth-order valence-corrected chi connectivity index (χ4v) is 3.59. The molecule has 1 aromatic rings. The first-order valence-corrected chi connectivity index (χ1v) is 8.40. The van der Waals surface area contributed by atoms with Crippen LogP contribution in [0.1, 0.15) is 63.3 Å². The summed E-state index contributed by atoms with van der Waals surface area (Å²) in [7, 11) is 1.74. The predicted molar refractivity (Wildman–Crippen MR) is 79.9 cm³/mol. The Balaban J connectivity index is 1.63. The first-order chi connectivity index (χ1) is 10.3. The minimum atomic E-state index is 0.0200. The van der Waals surface area contributed by atoms with Crippen LogP contribution >= 0.6 is 0 Å². The normalized spacial score (nSPS) is 22.6. The summed E-state index contributed by atoms with van der Waals surface area (Å²) in [6, 6.07) is 0.465. The van der Waals surface area contributed by atoms with Crippen LogP contribution in [-0.4, -0.2) is 29.8 Å². The molecule has 2 aliphatic carbocycles. The predicted octanol–water partition coefficient (Wildman–Crippen LogP) is 2.88. The second-order valence-corrected chi connectivity index (χ2v) is 6.45. The summed E-state index contributed by atoms with van der Waals surface area (Å²) in [5, 5.41) is 7.75. The fraction of sp³-hybridized carbons (Fsp3) is 0.875. The number of ether oxygens (including phenoxy) is 1. The van der Waals surface area contributed by atoms with Crippen molar-refractivity contribution < 1.29 is 9.26 Å². The molecule has 0 aromatic carbocycles. The number of aromatic nitrogens is 2. The van der Waals surface area contributed by atoms with Gasteiger partial charge in [-0.3, -0.25) is 0 Å². The van der Waals surface area contributed by atoms with Crippen LogP contribution in [0.2, 0.25) is 0 Å². The van der Waals surface area contributed by atoms with Gasteiger partial charge in [0.05, 0.1) is 0 Å². The summed E-state index contributed by atoms with van der Waals surface area (Å²) < 4.78 is 11.0. The van der Waals surface area contributed by atoms with E-state index in [2.05, 4.69) is 22.4 Å². The van der Waals surface area contributed by atoms with E-state index in [1.165, 1.54) is 38.5 Å². The van der Waals surface area contributed by atoms with E-state index in [4.69, 9.17) is 9.26 Å². The van der Waals surface area contributed by atoms with Gasteiger partial charge in [-0.05, 0) is 44.1 Å². The average Bonchev–Trinajstić information content (AvgIpc) is 3.00. The highest BCUT2D eigenvalue weighted by Gasteiger charge is 2.36. The Morgan fingerprint density at radius 2 is 2.00 bits per heavy atom. The lowest BCUT2D eigenvalue weighted by atomic mass is 9.95. The third-order valence-electron chi connectivity index (χ3n) is 4.87. The molecule has 118 valence electrons. The Labute approximate surface area is 126 Å². The van der Waals surface area contributed by atoms with Gasteiger partial charge >= 0.3 is 0 Å². The second-order valence-electron chi connectivity index (χ2n) is 6.45. The van der Waals surface area contributed by atoms with Gasteiger partial charge in [0, 0.05) is 19.6 Å². The van der Waals surface area contributed by atoms with Crippen molar-refractivity contribution in [3.05, 3.63) is 11.7 Å². The number of nitrogens with one attached hydrogen (secondary N) is 1. The molecule has 5 heteroatoms. The van der Waals surface area contributed by atoms with Crippen molar-refractivity contribution in [2.75, 3.05) is 13.7 Å². The standard InChI is InChI=1S/C16H27N3O2/c1-3-17-13(11-6-4-5-7-11)10-14-18-16(19-21-14)15(20-2)12-8-9-12/h11-13,15,17H,3-10H2,1-2H3. The summed E-state index contributed by atoms with van der Waals surface area (Å²) in [6.07, 6.45) is 8.64. The fourth-order valence-electron chi connectivity index (χ4n) is 3.59. The minimum Gasteiger partial charge on any atom is -0.373 e. The maximum atomic E-state index is 5.53. The molecule has 2 unspecified atom stereocenters. The monoisotopic (exact) mass is 293 g/mol. The zero-order valence-electron chi connectivity index (χ0n) is 13.2. The van der Waals surface area contributed by atoms with E-state index in [9.17, 15) is 0 Å². The third-order valence-corrected chi connectivity index (χ3v) is 4.87. The Kier molecular flexibility index (Phi) is 4.91. The van der Waals surface area contributed by atoms with Crippen LogP contribution in [0.15, 0.2) is 4.52 Å². The molecule has 2 aliphatic rings. The van der Waals surface area contributed by atoms with Gasteiger partial charge in [-0.25, -0.2) is 0 Å². The minimum absolute atomic E-state index is 0.0200. The van der Waals surface area contributed by atoms with Crippen LogP contribution in [0.5, 0.6) is 0 Å². The highest BCUT2D eigenvalue weighted by molar-refractivity contribution is 4.99. The highest BCUT2D eigenvalue weighted by Crippen LogP contribution is 2.42. The zero-order chi connectivity index (χ0) is 14.7. The Hall–Kier alpha value is -0.940. The summed E-state index contributed by atoms with van der Waals surface area (Å²) in [6.45, 7) is 3.15. The lowest BCUT2D eigenvalue weighted by molar-refractivity contribution is 0.0751. The smallest absolute Gasteiger partial charge is 0.228 e. The molecule has 1 N–H and O–H groups in total. The molecule has 1 aromatic heterocycles. The van der Waals surface area contributed by atoms with Crippen LogP contribution in [0, 0.1) is 11.8 Å². The van der Waals surface area contributed by atoms with E-state index in [0.717, 1.165) is 30.6 Å². The first kappa shape index (κ1) is 15.0. The van der Waals surface area contributed by atoms with Gasteiger partial charge in [-0.2, -0.15) is 4.98 Å². The molecule has 0 aliphatic heterocycles. The number of hydrogen-bond donors (Lipinski definition) is 1. The molecule has 2 atom stereocenters. The molecule has 2 saturated carbocycles. The molecule has 0 saturated heterocycles. The largest absolute Gasteiger partial charge is 0.373 e. The van der Waals surface area contributed by atoms with Gasteiger partial charge in [0.25, 0.3) is 0 Å². The van der Waals surface area contributed by atoms with E-state index < -0.39 is 0 Å². The van der Waals surface area contributed by atoms with Crippen LogP contribution in [-0.2, 0) is 11.2 Å². The first-order valence-electron chi connectivity index (χ1n) is 8.40. The maximum absolute atomic E-state index is 5.53. The average molecular weight is 293 g/mol. The lowest BCUT2D eigenvalue weighted by Crippen LogP contribution is -2.37. The van der Waals surface area contributed by atoms with E-state index in [1.807, 2.05) is 0 Å². The van der Waals surface area contributed by atoms with Gasteiger partial charge in [-0.15, -0.1) is 0 Å². The number of methoxy groups -OCH3 is 1. The Morgan fingerprint density at radius 1 is 1.24 bits per heavy atom. The molecule has 3 rings (SSSR count). The lowest BCUT2D eigenvalue weighted by Gasteiger charge is -2.22. The topological polar surface area (TPSA) is 60.2 Å². The number of hydrogen-bond acceptors (Lipinski definition) is 5. The molecule has 0 amide bonds. The van der Waals surface area contributed by atoms with Crippen molar-refractivity contribution in [3.63, 3.8) is 0 Å². The van der Waals surface area contributed by atoms with Gasteiger partial charge in [-0.1, -0.05) is 24.9 Å². The molecule has 0 radical (unpaired) electrons. The summed E-state index contributed by atoms with van der Waals surface area (Å²) in [4.78, 5) is 4.59. The van der Waals surface area contributed by atoms with E-state index >= 15 is 0 Å². The van der Waals surface area contributed by atoms with Crippen molar-refractivity contribution in [3.8, 4) is 0 Å². The van der Waals surface area contributed by atoms with Gasteiger partial charge < -0.3 is 14.6 Å². The summed E-state index contributed by atoms with van der Waals surface area (Å²) in [5.74, 6) is 2.82. The molecule has 5 nitrogen and oxygen atoms in total. The third kappa shape index (κ3) is 3.64. The number of likely N-dealkylation sites (N-methyl/N-ethyl adjacent to an activating group) is 1. The summed E-state index contributed by atoms with van der Waals surface area (Å²) in [5.41, 5.74) is 0. The molecule has 2 fully saturated rings.